The van der Waals surface area contributed by atoms with Crippen molar-refractivity contribution in [2.75, 3.05) is 6.61 Å². The van der Waals surface area contributed by atoms with Crippen molar-refractivity contribution in [1.82, 2.24) is 5.32 Å². The standard InChI is InChI=1S/C34H65NO5/c1-4-5-6-7-8-9-10-11-12-13-17-20-23-26-32(36)35-31(27-28-33(37)38)34(39)40-29-24-21-18-15-14-16-19-22-25-30(2)3/h30-31H,4-29H2,1-3H3,(H,35,36)(H,37,38)/t31-/m0/s1. The predicted molar refractivity (Wildman–Crippen MR) is 166 cm³/mol. The van der Waals surface area contributed by atoms with Crippen LogP contribution in [0.15, 0.2) is 0 Å². The Hall–Kier alpha value is -1.59. The van der Waals surface area contributed by atoms with Gasteiger partial charge in [-0.05, 0) is 25.2 Å². The molecule has 40 heavy (non-hydrogen) atoms. The molecule has 0 aliphatic carbocycles. The number of carboxylic acids is 1. The van der Waals surface area contributed by atoms with E-state index in [1.165, 1.54) is 103 Å². The number of hydrogen-bond donors (Lipinski definition) is 2. The van der Waals surface area contributed by atoms with Crippen molar-refractivity contribution in [1.29, 1.82) is 0 Å². The molecule has 0 saturated carbocycles. The van der Waals surface area contributed by atoms with Crippen molar-refractivity contribution < 1.29 is 24.2 Å². The molecule has 0 spiro atoms. The zero-order valence-electron chi connectivity index (χ0n) is 26.6. The quantitative estimate of drug-likeness (QED) is 0.0666. The van der Waals surface area contributed by atoms with E-state index in [0.29, 0.717) is 13.0 Å². The Balaban J connectivity index is 3.91. The number of carbonyl (C=O) groups excluding carboxylic acids is 2. The van der Waals surface area contributed by atoms with Gasteiger partial charge in [0.2, 0.25) is 5.91 Å². The average Bonchev–Trinajstić information content (AvgIpc) is 2.91. The molecule has 0 fully saturated rings. The molecule has 0 radical (unpaired) electrons. The van der Waals surface area contributed by atoms with E-state index < -0.39 is 18.0 Å². The lowest BCUT2D eigenvalue weighted by Crippen LogP contribution is -2.42. The van der Waals surface area contributed by atoms with Gasteiger partial charge in [0.1, 0.15) is 6.04 Å². The number of aliphatic carboxylic acids is 1. The smallest absolute Gasteiger partial charge is 0.328 e. The summed E-state index contributed by atoms with van der Waals surface area (Å²) in [4.78, 5) is 36.0. The highest BCUT2D eigenvalue weighted by atomic mass is 16.5. The van der Waals surface area contributed by atoms with Gasteiger partial charge in [0.15, 0.2) is 0 Å². The van der Waals surface area contributed by atoms with Crippen LogP contribution in [0.2, 0.25) is 0 Å². The van der Waals surface area contributed by atoms with Gasteiger partial charge in [-0.25, -0.2) is 4.79 Å². The van der Waals surface area contributed by atoms with Gasteiger partial charge in [0, 0.05) is 12.8 Å². The minimum absolute atomic E-state index is 0.0648. The topological polar surface area (TPSA) is 92.7 Å². The second-order valence-electron chi connectivity index (χ2n) is 12.2. The second-order valence-corrected chi connectivity index (χ2v) is 12.2. The van der Waals surface area contributed by atoms with E-state index in [1.807, 2.05) is 0 Å². The molecule has 1 amide bonds. The fraction of sp³-hybridized carbons (Fsp3) is 0.912. The normalized spacial score (nSPS) is 12.0. The van der Waals surface area contributed by atoms with Crippen molar-refractivity contribution >= 4 is 17.8 Å². The van der Waals surface area contributed by atoms with Crippen LogP contribution in [0.1, 0.15) is 181 Å². The lowest BCUT2D eigenvalue weighted by molar-refractivity contribution is -0.148. The third-order valence-corrected chi connectivity index (χ3v) is 7.69. The minimum atomic E-state index is -0.979. The fourth-order valence-electron chi connectivity index (χ4n) is 5.08. The van der Waals surface area contributed by atoms with Gasteiger partial charge in [0.05, 0.1) is 6.61 Å². The molecule has 0 aromatic rings. The van der Waals surface area contributed by atoms with Crippen LogP contribution in [0.4, 0.5) is 0 Å². The molecule has 2 N–H and O–H groups in total. The van der Waals surface area contributed by atoms with Crippen molar-refractivity contribution in [3.05, 3.63) is 0 Å². The minimum Gasteiger partial charge on any atom is -0.481 e. The van der Waals surface area contributed by atoms with Crippen molar-refractivity contribution in [3.8, 4) is 0 Å². The summed E-state index contributed by atoms with van der Waals surface area (Å²) >= 11 is 0. The maximum atomic E-state index is 12.5. The lowest BCUT2D eigenvalue weighted by atomic mass is 10.0. The summed E-state index contributed by atoms with van der Waals surface area (Å²) in [5, 5.41) is 11.8. The highest BCUT2D eigenvalue weighted by Gasteiger charge is 2.23. The van der Waals surface area contributed by atoms with E-state index in [4.69, 9.17) is 9.84 Å². The number of nitrogens with one attached hydrogen (secondary N) is 1. The molecule has 6 nitrogen and oxygen atoms in total. The summed E-state index contributed by atoms with van der Waals surface area (Å²) in [5.41, 5.74) is 0. The molecule has 0 rings (SSSR count). The van der Waals surface area contributed by atoms with Crippen molar-refractivity contribution in [2.45, 2.75) is 187 Å². The molecule has 1 atom stereocenters. The molecule has 0 bridgehead atoms. The van der Waals surface area contributed by atoms with Crippen LogP contribution in [0.25, 0.3) is 0 Å². The first-order valence-electron chi connectivity index (χ1n) is 17.0. The van der Waals surface area contributed by atoms with Crippen molar-refractivity contribution in [2.24, 2.45) is 5.92 Å². The number of carbonyl (C=O) groups is 3. The predicted octanol–water partition coefficient (Wildman–Crippen LogP) is 9.53. The zero-order chi connectivity index (χ0) is 29.7. The van der Waals surface area contributed by atoms with Crippen LogP contribution in [0, 0.1) is 5.92 Å². The Labute approximate surface area is 247 Å². The molecule has 0 aliphatic heterocycles. The van der Waals surface area contributed by atoms with E-state index in [-0.39, 0.29) is 18.7 Å². The number of ether oxygens (including phenoxy) is 1. The maximum Gasteiger partial charge on any atom is 0.328 e. The molecule has 0 aromatic carbocycles. The largest absolute Gasteiger partial charge is 0.481 e. The van der Waals surface area contributed by atoms with Crippen LogP contribution in [0.5, 0.6) is 0 Å². The lowest BCUT2D eigenvalue weighted by Gasteiger charge is -2.17. The zero-order valence-corrected chi connectivity index (χ0v) is 26.6. The number of hydrogen-bond acceptors (Lipinski definition) is 4. The Morgan fingerprint density at radius 3 is 1.52 bits per heavy atom. The second kappa shape index (κ2) is 28.9. The van der Waals surface area contributed by atoms with E-state index in [0.717, 1.165) is 44.4 Å². The van der Waals surface area contributed by atoms with E-state index >= 15 is 0 Å². The van der Waals surface area contributed by atoms with Gasteiger partial charge in [0.25, 0.3) is 0 Å². The molecular formula is C34H65NO5. The van der Waals surface area contributed by atoms with Crippen molar-refractivity contribution in [3.63, 3.8) is 0 Å². The van der Waals surface area contributed by atoms with Gasteiger partial charge in [-0.1, -0.05) is 149 Å². The number of esters is 1. The van der Waals surface area contributed by atoms with Gasteiger partial charge >= 0.3 is 11.9 Å². The summed E-state index contributed by atoms with van der Waals surface area (Å²) in [6.07, 6.45) is 27.2. The molecule has 6 heteroatoms. The first-order chi connectivity index (χ1) is 19.4. The van der Waals surface area contributed by atoms with Crippen LogP contribution >= 0.6 is 0 Å². The number of unbranched alkanes of at least 4 members (excludes halogenated alkanes) is 19. The molecule has 0 unspecified atom stereocenters. The fourth-order valence-corrected chi connectivity index (χ4v) is 5.08. The average molecular weight is 568 g/mol. The maximum absolute atomic E-state index is 12.5. The molecule has 236 valence electrons. The van der Waals surface area contributed by atoms with E-state index in [2.05, 4.69) is 26.1 Å². The Morgan fingerprint density at radius 2 is 1.05 bits per heavy atom. The van der Waals surface area contributed by atoms with Gasteiger partial charge in [-0.15, -0.1) is 0 Å². The number of rotatable bonds is 30. The van der Waals surface area contributed by atoms with E-state index in [1.54, 1.807) is 0 Å². The van der Waals surface area contributed by atoms with Gasteiger partial charge in [-0.3, -0.25) is 9.59 Å². The van der Waals surface area contributed by atoms with E-state index in [9.17, 15) is 14.4 Å². The SMILES string of the molecule is CCCCCCCCCCCCCCCC(=O)N[C@@H](CCC(=O)O)C(=O)OCCCCCCCCCCC(C)C. The molecule has 0 aliphatic rings. The van der Waals surface area contributed by atoms with Gasteiger partial charge in [-0.2, -0.15) is 0 Å². The number of carboxylic acid groups (broad SMARTS) is 1. The Kier molecular flexibility index (Phi) is 27.8. The number of amides is 1. The molecule has 0 heterocycles. The summed E-state index contributed by atoms with van der Waals surface area (Å²) in [5.74, 6) is -0.884. The first-order valence-corrected chi connectivity index (χ1v) is 17.0. The molecule has 0 aromatic heterocycles. The Bertz CT molecular complexity index is 607. The monoisotopic (exact) mass is 567 g/mol. The third-order valence-electron chi connectivity index (χ3n) is 7.69. The Morgan fingerprint density at radius 1 is 0.600 bits per heavy atom. The van der Waals surface area contributed by atoms with Crippen LogP contribution < -0.4 is 5.32 Å². The van der Waals surface area contributed by atoms with Gasteiger partial charge < -0.3 is 15.2 Å². The highest BCUT2D eigenvalue weighted by Crippen LogP contribution is 2.14. The van der Waals surface area contributed by atoms with Crippen LogP contribution in [-0.4, -0.2) is 35.6 Å². The molecular weight excluding hydrogens is 502 g/mol. The summed E-state index contributed by atoms with van der Waals surface area (Å²) < 4.78 is 5.39. The summed E-state index contributed by atoms with van der Waals surface area (Å²) in [7, 11) is 0. The highest BCUT2D eigenvalue weighted by molar-refractivity contribution is 5.84. The van der Waals surface area contributed by atoms with Crippen LogP contribution in [0.3, 0.4) is 0 Å². The summed E-state index contributed by atoms with van der Waals surface area (Å²) in [6, 6.07) is -0.878. The van der Waals surface area contributed by atoms with Crippen LogP contribution in [-0.2, 0) is 19.1 Å². The molecule has 0 saturated heterocycles. The summed E-state index contributed by atoms with van der Waals surface area (Å²) in [6.45, 7) is 7.13. The first kappa shape index (κ1) is 38.4. The third kappa shape index (κ3) is 28.0.